The Morgan fingerprint density at radius 2 is 0.828 bits per heavy atom. The number of hydrogen-bond donors (Lipinski definition) is 7. The first-order valence-corrected chi connectivity index (χ1v) is 20.5. The Balaban J connectivity index is 5.68. The lowest BCUT2D eigenvalue weighted by molar-refractivity contribution is -0.138. The van der Waals surface area contributed by atoms with Crippen molar-refractivity contribution in [2.75, 3.05) is 26.4 Å². The Morgan fingerprint density at radius 3 is 1.17 bits per heavy atom. The van der Waals surface area contributed by atoms with Gasteiger partial charge in [0.2, 0.25) is 35.4 Å². The monoisotopic (exact) mass is 823 g/mol. The van der Waals surface area contributed by atoms with Crippen molar-refractivity contribution in [2.24, 2.45) is 23.7 Å². The molecule has 0 aliphatic carbocycles. The van der Waals surface area contributed by atoms with E-state index in [-0.39, 0.29) is 112 Å². The molecule has 0 rings (SSSR count). The van der Waals surface area contributed by atoms with Crippen LogP contribution in [-0.4, -0.2) is 109 Å². The van der Waals surface area contributed by atoms with Crippen LogP contribution in [0.15, 0.2) is 25.3 Å². The molecule has 0 saturated heterocycles. The quantitative estimate of drug-likeness (QED) is 0.0387. The van der Waals surface area contributed by atoms with Crippen molar-refractivity contribution in [3.05, 3.63) is 25.3 Å². The SMILES string of the molecule is C=CCOC[C@@H](CC(=O)N[C@H](CC(=O)N[C@H](CC(=O)N[C@@H](COCC=C)CC(=O)N[C@@H](CC(=O)N[C@H](CC(=O)O)C(C)C)CC(C)C)C(C)C)CC(C)C)NC(C)=O. The summed E-state index contributed by atoms with van der Waals surface area (Å²) in [6.07, 6.45) is 3.56. The molecule has 6 atom stereocenters. The maximum atomic E-state index is 13.4. The highest BCUT2D eigenvalue weighted by atomic mass is 16.5. The van der Waals surface area contributed by atoms with Gasteiger partial charge in [-0.2, -0.15) is 0 Å². The smallest absolute Gasteiger partial charge is 0.305 e. The summed E-state index contributed by atoms with van der Waals surface area (Å²) in [5.74, 6) is -3.16. The number of carboxylic acid groups (broad SMARTS) is 1. The summed E-state index contributed by atoms with van der Waals surface area (Å²) in [5.41, 5.74) is 0. The third kappa shape index (κ3) is 27.3. The first-order valence-electron chi connectivity index (χ1n) is 20.5. The minimum Gasteiger partial charge on any atom is -0.481 e. The third-order valence-corrected chi connectivity index (χ3v) is 8.95. The average Bonchev–Trinajstić information content (AvgIpc) is 3.06. The standard InChI is InChI=1S/C42H74N6O10/c1-12-14-57-24-33(43-30(11)49)20-37(50)44-31(16-26(3)4)18-39(52)47-35(28(7)8)22-41(54)46-34(25-58-15-13-2)21-38(51)45-32(17-27(5)6)19-40(53)48-36(29(9)10)23-42(55)56/h12-13,26-29,31-36H,1-2,14-25H2,3-11H3,(H,43,49)(H,44,50)(H,45,51)(H,46,54)(H,47,52)(H,48,53)(H,55,56)/t31-,32+,33+,34+,35+,36+/m0/s1. The van der Waals surface area contributed by atoms with Crippen LogP contribution >= 0.6 is 0 Å². The molecule has 58 heavy (non-hydrogen) atoms. The Labute approximate surface area is 346 Å². The van der Waals surface area contributed by atoms with Crippen molar-refractivity contribution < 1.29 is 48.1 Å². The van der Waals surface area contributed by atoms with Gasteiger partial charge in [-0.3, -0.25) is 33.6 Å². The van der Waals surface area contributed by atoms with E-state index in [1.165, 1.54) is 6.92 Å². The van der Waals surface area contributed by atoms with Gasteiger partial charge >= 0.3 is 5.97 Å². The summed E-state index contributed by atoms with van der Waals surface area (Å²) in [5, 5.41) is 26.4. The predicted molar refractivity (Wildman–Crippen MR) is 223 cm³/mol. The first kappa shape index (κ1) is 53.7. The fraction of sp³-hybridized carbons (Fsp3) is 0.738. The zero-order chi connectivity index (χ0) is 44.4. The number of rotatable bonds is 32. The molecule has 0 saturated carbocycles. The second-order valence-corrected chi connectivity index (χ2v) is 16.6. The molecule has 0 spiro atoms. The first-order chi connectivity index (χ1) is 27.1. The lowest BCUT2D eigenvalue weighted by Gasteiger charge is -2.27. The van der Waals surface area contributed by atoms with Crippen LogP contribution in [0.3, 0.4) is 0 Å². The summed E-state index contributed by atoms with van der Waals surface area (Å²) < 4.78 is 11.1. The molecule has 332 valence electrons. The Kier molecular flexibility index (Phi) is 27.6. The van der Waals surface area contributed by atoms with E-state index < -0.39 is 54.0 Å². The molecule has 0 heterocycles. The van der Waals surface area contributed by atoms with Gasteiger partial charge in [0.25, 0.3) is 0 Å². The van der Waals surface area contributed by atoms with Gasteiger partial charge in [0, 0.05) is 63.2 Å². The minimum absolute atomic E-state index is 0.00420. The highest BCUT2D eigenvalue weighted by molar-refractivity contribution is 5.83. The van der Waals surface area contributed by atoms with Crippen LogP contribution in [0.5, 0.6) is 0 Å². The van der Waals surface area contributed by atoms with Crippen molar-refractivity contribution >= 4 is 41.4 Å². The van der Waals surface area contributed by atoms with Crippen LogP contribution in [-0.2, 0) is 43.0 Å². The van der Waals surface area contributed by atoms with Gasteiger partial charge in [0.15, 0.2) is 0 Å². The molecule has 0 aromatic rings. The highest BCUT2D eigenvalue weighted by Gasteiger charge is 2.28. The lowest BCUT2D eigenvalue weighted by atomic mass is 9.97. The molecule has 0 aliphatic rings. The minimum atomic E-state index is -1.02. The van der Waals surface area contributed by atoms with Crippen molar-refractivity contribution in [3.63, 3.8) is 0 Å². The molecule has 0 aromatic heterocycles. The second kappa shape index (κ2) is 29.8. The van der Waals surface area contributed by atoms with Crippen LogP contribution in [0.4, 0.5) is 0 Å². The maximum Gasteiger partial charge on any atom is 0.305 e. The van der Waals surface area contributed by atoms with Gasteiger partial charge in [-0.05, 0) is 36.5 Å². The molecule has 0 bridgehead atoms. The predicted octanol–water partition coefficient (Wildman–Crippen LogP) is 3.15. The van der Waals surface area contributed by atoms with Crippen LogP contribution < -0.4 is 31.9 Å². The van der Waals surface area contributed by atoms with Crippen molar-refractivity contribution in [2.45, 2.75) is 150 Å². The Bertz CT molecular complexity index is 1320. The normalized spacial score (nSPS) is 14.4. The van der Waals surface area contributed by atoms with Gasteiger partial charge in [-0.1, -0.05) is 67.5 Å². The second-order valence-electron chi connectivity index (χ2n) is 16.6. The van der Waals surface area contributed by atoms with Gasteiger partial charge in [0.1, 0.15) is 0 Å². The molecule has 0 unspecified atom stereocenters. The van der Waals surface area contributed by atoms with E-state index in [9.17, 15) is 38.7 Å². The van der Waals surface area contributed by atoms with Crippen molar-refractivity contribution in [1.29, 1.82) is 0 Å². The molecule has 0 fully saturated rings. The van der Waals surface area contributed by atoms with Gasteiger partial charge < -0.3 is 46.5 Å². The van der Waals surface area contributed by atoms with Crippen LogP contribution in [0, 0.1) is 23.7 Å². The summed E-state index contributed by atoms with van der Waals surface area (Å²) in [7, 11) is 0. The van der Waals surface area contributed by atoms with Crippen LogP contribution in [0.2, 0.25) is 0 Å². The number of hydrogen-bond acceptors (Lipinski definition) is 9. The van der Waals surface area contributed by atoms with E-state index in [4.69, 9.17) is 9.47 Å². The number of nitrogens with one attached hydrogen (secondary N) is 6. The molecule has 7 N–H and O–H groups in total. The number of carboxylic acids is 1. The molecule has 6 amide bonds. The van der Waals surface area contributed by atoms with Gasteiger partial charge in [-0.25, -0.2) is 0 Å². The third-order valence-electron chi connectivity index (χ3n) is 8.95. The molecule has 0 radical (unpaired) electrons. The molecular formula is C42H74N6O10. The van der Waals surface area contributed by atoms with E-state index in [0.29, 0.717) is 12.8 Å². The lowest BCUT2D eigenvalue weighted by Crippen LogP contribution is -2.49. The zero-order valence-corrected chi connectivity index (χ0v) is 36.4. The fourth-order valence-corrected chi connectivity index (χ4v) is 6.28. The zero-order valence-electron chi connectivity index (χ0n) is 36.4. The molecule has 16 heteroatoms. The Morgan fingerprint density at radius 1 is 0.500 bits per heavy atom. The number of amides is 6. The topological polar surface area (TPSA) is 230 Å². The summed E-state index contributed by atoms with van der Waals surface area (Å²) in [4.78, 5) is 89.1. The number of aliphatic carboxylic acids is 1. The molecule has 0 aromatic carbocycles. The number of ether oxygens (including phenoxy) is 2. The maximum absolute atomic E-state index is 13.4. The van der Waals surface area contributed by atoms with Crippen molar-refractivity contribution in [3.8, 4) is 0 Å². The number of carbonyl (C=O) groups excluding carboxylic acids is 6. The van der Waals surface area contributed by atoms with E-state index in [0.717, 1.165) is 0 Å². The molecule has 16 nitrogen and oxygen atoms in total. The van der Waals surface area contributed by atoms with Crippen LogP contribution in [0.25, 0.3) is 0 Å². The van der Waals surface area contributed by atoms with Gasteiger partial charge in [-0.15, -0.1) is 13.2 Å². The van der Waals surface area contributed by atoms with Crippen LogP contribution in [0.1, 0.15) is 114 Å². The van der Waals surface area contributed by atoms with Gasteiger partial charge in [0.05, 0.1) is 44.9 Å². The van der Waals surface area contributed by atoms with E-state index in [2.05, 4.69) is 45.1 Å². The highest BCUT2D eigenvalue weighted by Crippen LogP contribution is 2.14. The summed E-state index contributed by atoms with van der Waals surface area (Å²) in [6, 6.07) is -3.46. The average molecular weight is 823 g/mol. The largest absolute Gasteiger partial charge is 0.481 e. The molecule has 0 aliphatic heterocycles. The Hall–Kier alpha value is -4.31. The molecular weight excluding hydrogens is 748 g/mol. The fourth-order valence-electron chi connectivity index (χ4n) is 6.28. The summed E-state index contributed by atoms with van der Waals surface area (Å²) >= 11 is 0. The summed E-state index contributed by atoms with van der Waals surface area (Å²) in [6.45, 7) is 24.4. The van der Waals surface area contributed by atoms with E-state index in [1.807, 2.05) is 55.4 Å². The van der Waals surface area contributed by atoms with E-state index >= 15 is 0 Å². The van der Waals surface area contributed by atoms with Crippen molar-refractivity contribution in [1.82, 2.24) is 31.9 Å². The van der Waals surface area contributed by atoms with E-state index in [1.54, 1.807) is 12.2 Å². The number of carbonyl (C=O) groups is 7.